The molecule has 1 saturated carbocycles. The second-order valence-electron chi connectivity index (χ2n) is 7.63. The Kier molecular flexibility index (Phi) is 6.78. The highest BCUT2D eigenvalue weighted by Crippen LogP contribution is 2.33. The molecule has 0 bridgehead atoms. The van der Waals surface area contributed by atoms with Crippen LogP contribution in [0.2, 0.25) is 5.02 Å². The number of rotatable bonds is 7. The number of hydrogen-bond donors (Lipinski definition) is 2. The highest BCUT2D eigenvalue weighted by Gasteiger charge is 2.31. The Balaban J connectivity index is 1.71. The number of ether oxygens (including phenoxy) is 2. The van der Waals surface area contributed by atoms with Crippen molar-refractivity contribution in [2.45, 2.75) is 38.1 Å². The number of nitrogens with one attached hydrogen (secondary N) is 2. The molecule has 6 nitrogen and oxygen atoms in total. The fourth-order valence-corrected chi connectivity index (χ4v) is 3.92. The quantitative estimate of drug-likeness (QED) is 0.389. The van der Waals surface area contributed by atoms with Crippen LogP contribution in [0.4, 0.5) is 30.6 Å². The zero-order valence-corrected chi connectivity index (χ0v) is 18.5. The molecule has 0 saturated heterocycles. The van der Waals surface area contributed by atoms with Crippen LogP contribution in [0.3, 0.4) is 0 Å². The summed E-state index contributed by atoms with van der Waals surface area (Å²) in [5.41, 5.74) is 1.48. The predicted octanol–water partition coefficient (Wildman–Crippen LogP) is 6.80. The third-order valence-corrected chi connectivity index (χ3v) is 5.44. The molecule has 0 aliphatic heterocycles. The van der Waals surface area contributed by atoms with E-state index >= 15 is 0 Å². The molecule has 0 spiro atoms. The Bertz CT molecular complexity index is 1120. The maximum atomic E-state index is 12.7. The van der Waals surface area contributed by atoms with Crippen LogP contribution in [0.25, 0.3) is 11.3 Å². The maximum Gasteiger partial charge on any atom is 0.573 e. The SMILES string of the molecule is COc1ccc(Cl)cc1Nc1cc(-c2cccc(OC(F)(F)F)c2)nc(NC2CCCC2)n1. The number of halogens is 4. The first-order chi connectivity index (χ1) is 15.8. The molecule has 3 aromatic rings. The van der Waals surface area contributed by atoms with Gasteiger partial charge in [-0.25, -0.2) is 4.98 Å². The lowest BCUT2D eigenvalue weighted by molar-refractivity contribution is -0.274. The van der Waals surface area contributed by atoms with Gasteiger partial charge in [0.25, 0.3) is 0 Å². The number of hydrogen-bond acceptors (Lipinski definition) is 6. The minimum Gasteiger partial charge on any atom is -0.495 e. The molecule has 0 unspecified atom stereocenters. The van der Waals surface area contributed by atoms with Gasteiger partial charge < -0.3 is 20.1 Å². The zero-order valence-electron chi connectivity index (χ0n) is 17.7. The summed E-state index contributed by atoms with van der Waals surface area (Å²) >= 11 is 6.14. The van der Waals surface area contributed by atoms with Crippen LogP contribution >= 0.6 is 11.6 Å². The molecule has 10 heteroatoms. The minimum atomic E-state index is -4.78. The van der Waals surface area contributed by atoms with E-state index in [2.05, 4.69) is 25.3 Å². The van der Waals surface area contributed by atoms with E-state index in [9.17, 15) is 13.2 Å². The number of anilines is 3. The molecule has 174 valence electrons. The molecule has 1 heterocycles. The zero-order chi connectivity index (χ0) is 23.4. The van der Waals surface area contributed by atoms with E-state index in [1.807, 2.05) is 0 Å². The molecule has 1 aromatic heterocycles. The first-order valence-corrected chi connectivity index (χ1v) is 10.8. The van der Waals surface area contributed by atoms with Crippen LogP contribution in [-0.2, 0) is 0 Å². The molecule has 2 N–H and O–H groups in total. The summed E-state index contributed by atoms with van der Waals surface area (Å²) in [7, 11) is 1.54. The summed E-state index contributed by atoms with van der Waals surface area (Å²) in [6.45, 7) is 0. The maximum absolute atomic E-state index is 12.7. The summed E-state index contributed by atoms with van der Waals surface area (Å²) in [6.07, 6.45) is -0.520. The molecule has 1 aliphatic rings. The van der Waals surface area contributed by atoms with Crippen molar-refractivity contribution in [1.82, 2.24) is 9.97 Å². The van der Waals surface area contributed by atoms with E-state index in [1.54, 1.807) is 37.4 Å². The van der Waals surface area contributed by atoms with Gasteiger partial charge in [0.05, 0.1) is 18.5 Å². The molecule has 0 amide bonds. The van der Waals surface area contributed by atoms with Crippen molar-refractivity contribution in [2.75, 3.05) is 17.7 Å². The van der Waals surface area contributed by atoms with Crippen LogP contribution in [0.5, 0.6) is 11.5 Å². The smallest absolute Gasteiger partial charge is 0.495 e. The highest BCUT2D eigenvalue weighted by molar-refractivity contribution is 6.31. The second-order valence-corrected chi connectivity index (χ2v) is 8.07. The Labute approximate surface area is 194 Å². The van der Waals surface area contributed by atoms with Crippen LogP contribution in [-0.4, -0.2) is 29.5 Å². The Hall–Kier alpha value is -3.20. The number of alkyl halides is 3. The molecule has 1 aliphatic carbocycles. The monoisotopic (exact) mass is 478 g/mol. The van der Waals surface area contributed by atoms with E-state index in [1.165, 1.54) is 18.2 Å². The van der Waals surface area contributed by atoms with Gasteiger partial charge in [0, 0.05) is 22.7 Å². The topological polar surface area (TPSA) is 68.3 Å². The Morgan fingerprint density at radius 1 is 1.03 bits per heavy atom. The highest BCUT2D eigenvalue weighted by atomic mass is 35.5. The Morgan fingerprint density at radius 3 is 2.55 bits per heavy atom. The predicted molar refractivity (Wildman–Crippen MR) is 121 cm³/mol. The summed E-state index contributed by atoms with van der Waals surface area (Å²) in [6, 6.07) is 12.7. The van der Waals surface area contributed by atoms with Crippen LogP contribution in [0.1, 0.15) is 25.7 Å². The first kappa shape index (κ1) is 23.0. The average molecular weight is 479 g/mol. The van der Waals surface area contributed by atoms with E-state index < -0.39 is 6.36 Å². The van der Waals surface area contributed by atoms with Gasteiger partial charge in [-0.05, 0) is 43.2 Å². The molecule has 2 aromatic carbocycles. The van der Waals surface area contributed by atoms with Crippen molar-refractivity contribution < 1.29 is 22.6 Å². The van der Waals surface area contributed by atoms with Crippen LogP contribution < -0.4 is 20.1 Å². The van der Waals surface area contributed by atoms with E-state index in [-0.39, 0.29) is 11.8 Å². The first-order valence-electron chi connectivity index (χ1n) is 10.4. The van der Waals surface area contributed by atoms with Gasteiger partial charge in [-0.1, -0.05) is 36.6 Å². The molecule has 0 radical (unpaired) electrons. The average Bonchev–Trinajstić information content (AvgIpc) is 3.26. The van der Waals surface area contributed by atoms with Gasteiger partial charge in [0.1, 0.15) is 17.3 Å². The number of benzene rings is 2. The lowest BCUT2D eigenvalue weighted by Crippen LogP contribution is -2.17. The molecule has 4 rings (SSSR count). The summed E-state index contributed by atoms with van der Waals surface area (Å²) in [5, 5.41) is 7.03. The molecular formula is C23H22ClF3N4O2. The Morgan fingerprint density at radius 2 is 1.82 bits per heavy atom. The molecule has 1 fully saturated rings. The molecule has 0 atom stereocenters. The van der Waals surface area contributed by atoms with Gasteiger partial charge >= 0.3 is 6.36 Å². The van der Waals surface area contributed by atoms with Gasteiger partial charge in [-0.3, -0.25) is 0 Å². The largest absolute Gasteiger partial charge is 0.573 e. The van der Waals surface area contributed by atoms with Gasteiger partial charge in [-0.2, -0.15) is 4.98 Å². The molecule has 33 heavy (non-hydrogen) atoms. The third kappa shape index (κ3) is 6.19. The van der Waals surface area contributed by atoms with Crippen molar-refractivity contribution in [3.05, 3.63) is 53.6 Å². The van der Waals surface area contributed by atoms with E-state index in [0.29, 0.717) is 39.5 Å². The van der Waals surface area contributed by atoms with Crippen molar-refractivity contribution in [3.8, 4) is 22.8 Å². The van der Waals surface area contributed by atoms with Crippen LogP contribution in [0, 0.1) is 0 Å². The lowest BCUT2D eigenvalue weighted by atomic mass is 10.1. The van der Waals surface area contributed by atoms with Crippen molar-refractivity contribution >= 4 is 29.1 Å². The minimum absolute atomic E-state index is 0.244. The van der Waals surface area contributed by atoms with Gasteiger partial charge in [0.2, 0.25) is 5.95 Å². The number of aromatic nitrogens is 2. The summed E-state index contributed by atoms with van der Waals surface area (Å²) < 4.78 is 47.5. The summed E-state index contributed by atoms with van der Waals surface area (Å²) in [5.74, 6) is 1.05. The fraction of sp³-hybridized carbons (Fsp3) is 0.304. The van der Waals surface area contributed by atoms with Crippen molar-refractivity contribution in [3.63, 3.8) is 0 Å². The third-order valence-electron chi connectivity index (χ3n) is 5.20. The normalized spacial score (nSPS) is 14.2. The van der Waals surface area contributed by atoms with Crippen molar-refractivity contribution in [2.24, 2.45) is 0 Å². The lowest BCUT2D eigenvalue weighted by Gasteiger charge is -2.16. The van der Waals surface area contributed by atoms with Gasteiger partial charge in [-0.15, -0.1) is 13.2 Å². The second kappa shape index (κ2) is 9.74. The standard InChI is InChI=1S/C23H22ClF3N4O2/c1-32-20-10-9-15(24)12-19(20)29-21-13-18(30-22(31-21)28-16-6-2-3-7-16)14-5-4-8-17(11-14)33-23(25,26)27/h4-5,8-13,16H,2-3,6-7H2,1H3,(H2,28,29,30,31). The van der Waals surface area contributed by atoms with E-state index in [4.69, 9.17) is 16.3 Å². The summed E-state index contributed by atoms with van der Waals surface area (Å²) in [4.78, 5) is 9.11. The fourth-order valence-electron chi connectivity index (χ4n) is 3.74. The van der Waals surface area contributed by atoms with Crippen LogP contribution in [0.15, 0.2) is 48.5 Å². The molecular weight excluding hydrogens is 457 g/mol. The van der Waals surface area contributed by atoms with E-state index in [0.717, 1.165) is 25.7 Å². The van der Waals surface area contributed by atoms with Crippen molar-refractivity contribution in [1.29, 1.82) is 0 Å². The van der Waals surface area contributed by atoms with Gasteiger partial charge in [0.15, 0.2) is 0 Å². The number of methoxy groups -OCH3 is 1. The number of nitrogens with zero attached hydrogens (tertiary/aromatic N) is 2.